The number of rotatable bonds is 14. The number of hydrogen-bond acceptors (Lipinski definition) is 10. The van der Waals surface area contributed by atoms with Gasteiger partial charge in [-0.2, -0.15) is 21.0 Å². The van der Waals surface area contributed by atoms with Crippen LogP contribution in [0.3, 0.4) is 0 Å². The number of unbranched alkanes of at least 4 members (excludes halogenated alkanes) is 6. The summed E-state index contributed by atoms with van der Waals surface area (Å²) in [6, 6.07) is 33.4. The van der Waals surface area contributed by atoms with Crippen molar-refractivity contribution in [2.24, 2.45) is 0 Å². The molecule has 0 saturated heterocycles. The number of allylic oxidation sites excluding steroid dienone is 4. The van der Waals surface area contributed by atoms with Crippen LogP contribution >= 0.6 is 22.7 Å². The smallest absolute Gasteiger partial charge is 0.165 e. The van der Waals surface area contributed by atoms with Gasteiger partial charge in [-0.15, -0.1) is 22.7 Å². The Hall–Kier alpha value is -6.56. The van der Waals surface area contributed by atoms with Gasteiger partial charge in [0.2, 0.25) is 0 Å². The zero-order valence-electron chi connectivity index (χ0n) is 37.7. The molecule has 0 bridgehead atoms. The molecule has 7 rings (SSSR count). The van der Waals surface area contributed by atoms with Crippen LogP contribution < -0.4 is 28.2 Å². The third kappa shape index (κ3) is 8.96. The van der Waals surface area contributed by atoms with Gasteiger partial charge in [0.15, 0.2) is 11.1 Å². The molecule has 0 aliphatic carbocycles. The Labute approximate surface area is 385 Å². The van der Waals surface area contributed by atoms with Crippen molar-refractivity contribution in [3.8, 4) is 46.8 Å². The van der Waals surface area contributed by atoms with Crippen molar-refractivity contribution in [2.75, 3.05) is 22.9 Å². The Bertz CT molecular complexity index is 2800. The highest BCUT2D eigenvalue weighted by Gasteiger charge is 2.40. The standard InChI is InChI=1S/C54H54N8S2/c1-7-9-11-17-31-61-43-21-15-13-19-41(43)53(3,4)47(61)29-27-45-49(59-51(63-45)39(33-55)34-56)37-23-25-38(26-24-37)50-46(64-52(60-50)40(35-57)36-58)28-30-48-54(5,6)42-20-14-16-22-44(42)62(48)32-18-12-10-8-2/h13-16,19-30H,7-12,17-18,31-32H2,1-6H3/b45-27-,46-28-,47-29+,48-30+. The second-order valence-electron chi connectivity index (χ2n) is 17.4. The molecule has 2 aliphatic rings. The van der Waals surface area contributed by atoms with Crippen LogP contribution in [0.4, 0.5) is 11.4 Å². The molecule has 0 N–H and O–H groups in total. The van der Waals surface area contributed by atoms with Gasteiger partial charge in [-0.05, 0) is 60.4 Å². The lowest BCUT2D eigenvalue weighted by Gasteiger charge is -2.27. The fraction of sp³-hybridized carbons (Fsp3) is 0.333. The first kappa shape index (κ1) is 45.5. The summed E-state index contributed by atoms with van der Waals surface area (Å²) in [6.45, 7) is 15.4. The van der Waals surface area contributed by atoms with E-state index in [1.165, 1.54) is 95.1 Å². The lowest BCUT2D eigenvalue weighted by molar-refractivity contribution is 0.612. The van der Waals surface area contributed by atoms with Crippen LogP contribution in [0.5, 0.6) is 0 Å². The van der Waals surface area contributed by atoms with Crippen LogP contribution in [-0.2, 0) is 10.8 Å². The summed E-state index contributed by atoms with van der Waals surface area (Å²) in [5.41, 5.74) is 9.92. The summed E-state index contributed by atoms with van der Waals surface area (Å²) >= 11 is 2.68. The van der Waals surface area contributed by atoms with E-state index in [1.54, 1.807) is 0 Å². The van der Waals surface area contributed by atoms with Gasteiger partial charge in [-0.1, -0.05) is 141 Å². The molecule has 0 fully saturated rings. The van der Waals surface area contributed by atoms with Gasteiger partial charge in [0.05, 0.1) is 20.5 Å². The normalized spacial score (nSPS) is 16.3. The van der Waals surface area contributed by atoms with Crippen LogP contribution in [-0.4, -0.2) is 23.1 Å². The van der Waals surface area contributed by atoms with Crippen LogP contribution in [0.25, 0.3) is 45.8 Å². The highest BCUT2D eigenvalue weighted by atomic mass is 32.1. The number of nitrogens with zero attached hydrogens (tertiary/aromatic N) is 8. The fourth-order valence-electron chi connectivity index (χ4n) is 9.01. The maximum atomic E-state index is 9.87. The molecule has 0 unspecified atom stereocenters. The Kier molecular flexibility index (Phi) is 14.1. The molecule has 322 valence electrons. The lowest BCUT2D eigenvalue weighted by Crippen LogP contribution is -2.27. The van der Waals surface area contributed by atoms with Gasteiger partial charge >= 0.3 is 0 Å². The summed E-state index contributed by atoms with van der Waals surface area (Å²) in [5.74, 6) is 0. The average Bonchev–Trinajstić information content (AvgIpc) is 4.03. The number of anilines is 2. The largest absolute Gasteiger partial charge is 0.344 e. The van der Waals surface area contributed by atoms with E-state index < -0.39 is 0 Å². The van der Waals surface area contributed by atoms with E-state index in [0.29, 0.717) is 20.7 Å². The van der Waals surface area contributed by atoms with Gasteiger partial charge in [-0.3, -0.25) is 0 Å². The van der Waals surface area contributed by atoms with Gasteiger partial charge < -0.3 is 9.80 Å². The van der Waals surface area contributed by atoms with Crippen molar-refractivity contribution in [3.05, 3.63) is 126 Å². The zero-order valence-corrected chi connectivity index (χ0v) is 39.3. The summed E-state index contributed by atoms with van der Waals surface area (Å²) < 4.78 is 2.43. The number of thiazole rings is 2. The topological polar surface area (TPSA) is 127 Å². The quantitative estimate of drug-likeness (QED) is 0.101. The molecule has 5 aromatic rings. The molecular formula is C54H54N8S2. The summed E-state index contributed by atoms with van der Waals surface area (Å²) in [6.07, 6.45) is 17.9. The molecule has 3 aromatic carbocycles. The van der Waals surface area contributed by atoms with E-state index in [0.717, 1.165) is 46.1 Å². The van der Waals surface area contributed by atoms with E-state index in [9.17, 15) is 21.0 Å². The van der Waals surface area contributed by atoms with Crippen LogP contribution in [0.1, 0.15) is 104 Å². The highest BCUT2D eigenvalue weighted by Crippen LogP contribution is 2.49. The molecule has 2 aliphatic heterocycles. The molecule has 64 heavy (non-hydrogen) atoms. The SMILES string of the molecule is CCCCCCN1/C(=C/C=c2\sc(=C(C#N)C#N)nc2-c2ccc(-c3nc(=C(C#N)C#N)s/c3=C\C=C3\N(CCCCCC)c4ccccc4C3(C)C)cc2)C(C)(C)c2ccccc21. The van der Waals surface area contributed by atoms with Gasteiger partial charge in [0.1, 0.15) is 33.6 Å². The lowest BCUT2D eigenvalue weighted by atomic mass is 9.83. The molecule has 4 heterocycles. The Morgan fingerprint density at radius 2 is 0.906 bits per heavy atom. The number of nitriles is 4. The molecule has 0 saturated carbocycles. The zero-order chi connectivity index (χ0) is 45.4. The maximum Gasteiger partial charge on any atom is 0.165 e. The number of aromatic nitrogens is 2. The van der Waals surface area contributed by atoms with E-state index in [4.69, 9.17) is 9.97 Å². The molecule has 0 atom stereocenters. The van der Waals surface area contributed by atoms with E-state index in [2.05, 4.69) is 124 Å². The van der Waals surface area contributed by atoms with Gasteiger partial charge in [0, 0.05) is 57.8 Å². The number of para-hydroxylation sites is 2. The molecular weight excluding hydrogens is 825 g/mol. The fourth-order valence-corrected chi connectivity index (χ4v) is 10.9. The second kappa shape index (κ2) is 19.9. The van der Waals surface area contributed by atoms with Crippen LogP contribution in [0, 0.1) is 45.3 Å². The van der Waals surface area contributed by atoms with Crippen molar-refractivity contribution in [1.82, 2.24) is 9.97 Å². The van der Waals surface area contributed by atoms with Gasteiger partial charge in [-0.25, -0.2) is 9.97 Å². The Morgan fingerprint density at radius 3 is 1.27 bits per heavy atom. The van der Waals surface area contributed by atoms with Crippen molar-refractivity contribution in [3.63, 3.8) is 0 Å². The number of benzene rings is 3. The summed E-state index contributed by atoms with van der Waals surface area (Å²) in [5, 5.41) is 39.5. The first-order valence-corrected chi connectivity index (χ1v) is 24.0. The Morgan fingerprint density at radius 1 is 0.531 bits per heavy atom. The Balaban J connectivity index is 1.32. The van der Waals surface area contributed by atoms with E-state index >= 15 is 0 Å². The monoisotopic (exact) mass is 878 g/mol. The number of fused-ring (bicyclic) bond motifs is 2. The second-order valence-corrected chi connectivity index (χ2v) is 19.4. The van der Waals surface area contributed by atoms with Crippen LogP contribution in [0.15, 0.2) is 96.3 Å². The van der Waals surface area contributed by atoms with E-state index in [-0.39, 0.29) is 22.0 Å². The average molecular weight is 879 g/mol. The first-order chi connectivity index (χ1) is 31.0. The van der Waals surface area contributed by atoms with Crippen molar-refractivity contribution < 1.29 is 0 Å². The minimum atomic E-state index is -0.236. The highest BCUT2D eigenvalue weighted by molar-refractivity contribution is 7.08. The predicted molar refractivity (Wildman–Crippen MR) is 263 cm³/mol. The maximum absolute atomic E-state index is 9.87. The van der Waals surface area contributed by atoms with Crippen molar-refractivity contribution >= 4 is 57.3 Å². The minimum Gasteiger partial charge on any atom is -0.344 e. The summed E-state index contributed by atoms with van der Waals surface area (Å²) in [4.78, 5) is 14.7. The predicted octanol–water partition coefficient (Wildman–Crippen LogP) is 10.4. The minimum absolute atomic E-state index is 0.0271. The molecule has 2 aromatic heterocycles. The van der Waals surface area contributed by atoms with Crippen molar-refractivity contribution in [2.45, 2.75) is 104 Å². The van der Waals surface area contributed by atoms with Crippen LogP contribution in [0.2, 0.25) is 0 Å². The molecule has 8 nitrogen and oxygen atoms in total. The third-order valence-electron chi connectivity index (χ3n) is 12.5. The number of hydrogen-bond donors (Lipinski definition) is 0. The summed E-state index contributed by atoms with van der Waals surface area (Å²) in [7, 11) is 0. The molecule has 0 radical (unpaired) electrons. The van der Waals surface area contributed by atoms with E-state index in [1.807, 2.05) is 48.5 Å². The van der Waals surface area contributed by atoms with Crippen molar-refractivity contribution in [1.29, 1.82) is 21.0 Å². The molecule has 0 spiro atoms. The molecule has 10 heteroatoms. The van der Waals surface area contributed by atoms with Gasteiger partial charge in [0.25, 0.3) is 0 Å². The first-order valence-electron chi connectivity index (χ1n) is 22.3. The molecule has 0 amide bonds. The third-order valence-corrected chi connectivity index (χ3v) is 14.5.